The summed E-state index contributed by atoms with van der Waals surface area (Å²) in [5.74, 6) is 0. The SMILES string of the molecule is COC1(C)CCCN(c2cc(Cl)ccc2CO)C1. The molecule has 0 radical (unpaired) electrons. The minimum atomic E-state index is -0.118. The summed E-state index contributed by atoms with van der Waals surface area (Å²) in [5, 5.41) is 10.1. The fraction of sp³-hybridized carbons (Fsp3) is 0.571. The normalized spacial score (nSPS) is 24.3. The van der Waals surface area contributed by atoms with Crippen LogP contribution in [0.5, 0.6) is 0 Å². The zero-order chi connectivity index (χ0) is 13.2. The van der Waals surface area contributed by atoms with Gasteiger partial charge in [-0.3, -0.25) is 0 Å². The second kappa shape index (κ2) is 5.47. The Bertz CT molecular complexity index is 424. The smallest absolute Gasteiger partial charge is 0.0825 e. The molecule has 4 heteroatoms. The van der Waals surface area contributed by atoms with Gasteiger partial charge >= 0.3 is 0 Å². The van der Waals surface area contributed by atoms with Crippen LogP contribution in [0.25, 0.3) is 0 Å². The first-order valence-electron chi connectivity index (χ1n) is 6.27. The van der Waals surface area contributed by atoms with E-state index in [-0.39, 0.29) is 12.2 Å². The van der Waals surface area contributed by atoms with Gasteiger partial charge in [0.05, 0.1) is 12.2 Å². The number of piperidine rings is 1. The summed E-state index contributed by atoms with van der Waals surface area (Å²) in [5.41, 5.74) is 1.82. The lowest BCUT2D eigenvalue weighted by Crippen LogP contribution is -2.47. The van der Waals surface area contributed by atoms with E-state index < -0.39 is 0 Å². The second-order valence-electron chi connectivity index (χ2n) is 5.11. The largest absolute Gasteiger partial charge is 0.392 e. The molecule has 1 heterocycles. The number of hydrogen-bond donors (Lipinski definition) is 1. The van der Waals surface area contributed by atoms with Crippen molar-refractivity contribution in [3.63, 3.8) is 0 Å². The van der Waals surface area contributed by atoms with Gasteiger partial charge in [0.2, 0.25) is 0 Å². The summed E-state index contributed by atoms with van der Waals surface area (Å²) in [7, 11) is 1.76. The molecule has 1 N–H and O–H groups in total. The molecule has 1 atom stereocenters. The van der Waals surface area contributed by atoms with E-state index in [0.717, 1.165) is 37.2 Å². The minimum Gasteiger partial charge on any atom is -0.392 e. The average molecular weight is 270 g/mol. The molecule has 0 aromatic heterocycles. The zero-order valence-corrected chi connectivity index (χ0v) is 11.7. The number of halogens is 1. The van der Waals surface area contributed by atoms with Crippen molar-refractivity contribution in [2.75, 3.05) is 25.1 Å². The van der Waals surface area contributed by atoms with Crippen molar-refractivity contribution >= 4 is 17.3 Å². The summed E-state index contributed by atoms with van der Waals surface area (Å²) in [6.45, 7) is 3.97. The van der Waals surface area contributed by atoms with Crippen molar-refractivity contribution in [1.29, 1.82) is 0 Å². The number of methoxy groups -OCH3 is 1. The van der Waals surface area contributed by atoms with Crippen LogP contribution in [0.4, 0.5) is 5.69 Å². The molecule has 1 aromatic rings. The molecule has 0 spiro atoms. The summed E-state index contributed by atoms with van der Waals surface area (Å²) in [6, 6.07) is 5.63. The maximum atomic E-state index is 9.43. The van der Waals surface area contributed by atoms with Crippen LogP contribution in [0.1, 0.15) is 25.3 Å². The minimum absolute atomic E-state index is 0.0344. The number of benzene rings is 1. The molecule has 1 fully saturated rings. The molecule has 1 unspecified atom stereocenters. The van der Waals surface area contributed by atoms with E-state index in [1.807, 2.05) is 18.2 Å². The van der Waals surface area contributed by atoms with Gasteiger partial charge in [0.25, 0.3) is 0 Å². The Kier molecular flexibility index (Phi) is 4.15. The number of nitrogens with zero attached hydrogens (tertiary/aromatic N) is 1. The van der Waals surface area contributed by atoms with E-state index in [2.05, 4.69) is 11.8 Å². The molecule has 1 aliphatic heterocycles. The van der Waals surface area contributed by atoms with Gasteiger partial charge in [-0.1, -0.05) is 17.7 Å². The van der Waals surface area contributed by atoms with Crippen molar-refractivity contribution in [2.24, 2.45) is 0 Å². The Morgan fingerprint density at radius 3 is 2.94 bits per heavy atom. The third-order valence-electron chi connectivity index (χ3n) is 3.71. The van der Waals surface area contributed by atoms with E-state index in [0.29, 0.717) is 5.02 Å². The summed E-state index contributed by atoms with van der Waals surface area (Å²) < 4.78 is 5.60. The molecule has 18 heavy (non-hydrogen) atoms. The van der Waals surface area contributed by atoms with Crippen molar-refractivity contribution in [1.82, 2.24) is 0 Å². The Balaban J connectivity index is 2.28. The first-order chi connectivity index (χ1) is 8.58. The van der Waals surface area contributed by atoms with Gasteiger partial charge in [0.15, 0.2) is 0 Å². The second-order valence-corrected chi connectivity index (χ2v) is 5.55. The molecule has 100 valence electrons. The Labute approximate surface area is 113 Å². The van der Waals surface area contributed by atoms with Crippen molar-refractivity contribution in [3.05, 3.63) is 28.8 Å². The predicted octanol–water partition coefficient (Wildman–Crippen LogP) is 2.84. The summed E-state index contributed by atoms with van der Waals surface area (Å²) >= 11 is 6.06. The van der Waals surface area contributed by atoms with Gasteiger partial charge in [-0.25, -0.2) is 0 Å². The van der Waals surface area contributed by atoms with Gasteiger partial charge in [0.1, 0.15) is 0 Å². The molecule has 0 aliphatic carbocycles. The lowest BCUT2D eigenvalue weighted by atomic mass is 9.94. The van der Waals surface area contributed by atoms with Crippen LogP contribution in [-0.4, -0.2) is 30.9 Å². The summed E-state index contributed by atoms with van der Waals surface area (Å²) in [4.78, 5) is 2.25. The van der Waals surface area contributed by atoms with E-state index in [9.17, 15) is 5.11 Å². The van der Waals surface area contributed by atoms with E-state index in [1.165, 1.54) is 0 Å². The highest BCUT2D eigenvalue weighted by molar-refractivity contribution is 6.30. The first kappa shape index (κ1) is 13.7. The third-order valence-corrected chi connectivity index (χ3v) is 3.95. The van der Waals surface area contributed by atoms with Crippen molar-refractivity contribution < 1.29 is 9.84 Å². The highest BCUT2D eigenvalue weighted by Crippen LogP contribution is 2.31. The van der Waals surface area contributed by atoms with Crippen molar-refractivity contribution in [2.45, 2.75) is 32.0 Å². The van der Waals surface area contributed by atoms with Crippen LogP contribution in [-0.2, 0) is 11.3 Å². The Morgan fingerprint density at radius 2 is 2.28 bits per heavy atom. The van der Waals surface area contributed by atoms with Crippen molar-refractivity contribution in [3.8, 4) is 0 Å². The van der Waals surface area contributed by atoms with Gasteiger partial charge in [-0.2, -0.15) is 0 Å². The standard InChI is InChI=1S/C14H20ClNO2/c1-14(18-2)6-3-7-16(10-14)13-8-12(15)5-4-11(13)9-17/h4-5,8,17H,3,6-7,9-10H2,1-2H3. The van der Waals surface area contributed by atoms with Crippen LogP contribution in [0, 0.1) is 0 Å². The van der Waals surface area contributed by atoms with Gasteiger partial charge < -0.3 is 14.7 Å². The lowest BCUT2D eigenvalue weighted by molar-refractivity contribution is -0.00472. The predicted molar refractivity (Wildman–Crippen MR) is 74.2 cm³/mol. The van der Waals surface area contributed by atoms with Gasteiger partial charge in [0, 0.05) is 36.5 Å². The molecule has 0 bridgehead atoms. The first-order valence-corrected chi connectivity index (χ1v) is 6.65. The zero-order valence-electron chi connectivity index (χ0n) is 10.9. The maximum Gasteiger partial charge on any atom is 0.0825 e. The Hall–Kier alpha value is -0.770. The fourth-order valence-corrected chi connectivity index (χ4v) is 2.71. The molecular formula is C14H20ClNO2. The molecule has 2 rings (SSSR count). The van der Waals surface area contributed by atoms with Crippen LogP contribution in [0.2, 0.25) is 5.02 Å². The average Bonchev–Trinajstić information content (AvgIpc) is 2.39. The number of aliphatic hydroxyl groups is 1. The topological polar surface area (TPSA) is 32.7 Å². The van der Waals surface area contributed by atoms with E-state index in [4.69, 9.17) is 16.3 Å². The van der Waals surface area contributed by atoms with E-state index >= 15 is 0 Å². The number of aliphatic hydroxyl groups excluding tert-OH is 1. The monoisotopic (exact) mass is 269 g/mol. The van der Waals surface area contributed by atoms with E-state index in [1.54, 1.807) is 7.11 Å². The highest BCUT2D eigenvalue weighted by atomic mass is 35.5. The molecule has 0 amide bonds. The highest BCUT2D eigenvalue weighted by Gasteiger charge is 2.31. The van der Waals surface area contributed by atoms with Crippen LogP contribution < -0.4 is 4.90 Å². The maximum absolute atomic E-state index is 9.43. The summed E-state index contributed by atoms with van der Waals surface area (Å²) in [6.07, 6.45) is 2.15. The number of rotatable bonds is 3. The molecule has 3 nitrogen and oxygen atoms in total. The molecule has 1 aliphatic rings. The fourth-order valence-electron chi connectivity index (χ4n) is 2.54. The number of anilines is 1. The number of ether oxygens (including phenoxy) is 1. The van der Waals surface area contributed by atoms with Gasteiger partial charge in [-0.15, -0.1) is 0 Å². The molecular weight excluding hydrogens is 250 g/mol. The third kappa shape index (κ3) is 2.79. The molecule has 1 aromatic carbocycles. The van der Waals surface area contributed by atoms with Gasteiger partial charge in [-0.05, 0) is 31.9 Å². The van der Waals surface area contributed by atoms with Crippen LogP contribution in [0.15, 0.2) is 18.2 Å². The number of hydrogen-bond acceptors (Lipinski definition) is 3. The Morgan fingerprint density at radius 1 is 1.50 bits per heavy atom. The van der Waals surface area contributed by atoms with Crippen LogP contribution in [0.3, 0.4) is 0 Å². The molecule has 1 saturated heterocycles. The van der Waals surface area contributed by atoms with Crippen LogP contribution >= 0.6 is 11.6 Å². The quantitative estimate of drug-likeness (QED) is 0.916. The molecule has 0 saturated carbocycles. The lowest BCUT2D eigenvalue weighted by Gasteiger charge is -2.41.